The van der Waals surface area contributed by atoms with Crippen molar-refractivity contribution in [1.29, 1.82) is 0 Å². The van der Waals surface area contributed by atoms with Crippen LogP contribution < -0.4 is 19.1 Å². The van der Waals surface area contributed by atoms with Gasteiger partial charge in [0.05, 0.1) is 24.5 Å². The van der Waals surface area contributed by atoms with Crippen LogP contribution in [0.5, 0.6) is 11.5 Å². The number of carbonyl (C=O) groups is 1. The number of carbonyl (C=O) groups excluding carboxylic acids is 1. The lowest BCUT2D eigenvalue weighted by Gasteiger charge is -2.39. The van der Waals surface area contributed by atoms with Crippen molar-refractivity contribution in [2.45, 2.75) is 44.9 Å². The summed E-state index contributed by atoms with van der Waals surface area (Å²) in [6, 6.07) is 12.5. The van der Waals surface area contributed by atoms with Gasteiger partial charge in [-0.05, 0) is 44.5 Å². The molecule has 0 saturated carbocycles. The number of sulfonamides is 1. The molecule has 0 aliphatic carbocycles. The van der Waals surface area contributed by atoms with Crippen LogP contribution >= 0.6 is 0 Å². The van der Waals surface area contributed by atoms with E-state index in [-0.39, 0.29) is 18.5 Å². The predicted octanol–water partition coefficient (Wildman–Crippen LogP) is 2.94. The van der Waals surface area contributed by atoms with E-state index < -0.39 is 21.7 Å². The number of hydrogen-bond acceptors (Lipinski definition) is 5. The Kier molecular flexibility index (Phi) is 4.92. The number of fused-ring (bicyclic) bond motifs is 2. The zero-order chi connectivity index (χ0) is 21.7. The van der Waals surface area contributed by atoms with Gasteiger partial charge in [0, 0.05) is 12.0 Å². The fraction of sp³-hybridized carbons (Fsp3) is 0.409. The molecule has 160 valence electrons. The first-order chi connectivity index (χ1) is 14.0. The van der Waals surface area contributed by atoms with Crippen LogP contribution in [0.2, 0.25) is 0 Å². The van der Waals surface area contributed by atoms with E-state index in [1.807, 2.05) is 39.0 Å². The minimum absolute atomic E-state index is 0.0744. The smallest absolute Gasteiger partial charge is 0.263 e. The van der Waals surface area contributed by atoms with Gasteiger partial charge in [0.25, 0.3) is 5.91 Å². The Labute approximate surface area is 177 Å². The zero-order valence-corrected chi connectivity index (χ0v) is 18.3. The monoisotopic (exact) mass is 430 g/mol. The van der Waals surface area contributed by atoms with Crippen LogP contribution in [0, 0.1) is 6.92 Å². The third kappa shape index (κ3) is 3.96. The largest absolute Gasteiger partial charge is 0.487 e. The minimum Gasteiger partial charge on any atom is -0.487 e. The molecule has 4 rings (SSSR count). The molecule has 0 fully saturated rings. The first kappa shape index (κ1) is 20.5. The summed E-state index contributed by atoms with van der Waals surface area (Å²) in [5, 5.41) is 3.06. The van der Waals surface area contributed by atoms with Crippen LogP contribution in [0.25, 0.3) is 0 Å². The quantitative estimate of drug-likeness (QED) is 0.809. The highest BCUT2D eigenvalue weighted by Gasteiger charge is 2.39. The van der Waals surface area contributed by atoms with Crippen molar-refractivity contribution in [2.24, 2.45) is 0 Å². The van der Waals surface area contributed by atoms with Gasteiger partial charge in [-0.15, -0.1) is 0 Å². The van der Waals surface area contributed by atoms with Gasteiger partial charge in [-0.25, -0.2) is 8.42 Å². The van der Waals surface area contributed by atoms with Crippen LogP contribution in [0.1, 0.15) is 37.4 Å². The highest BCUT2D eigenvalue weighted by Crippen LogP contribution is 2.40. The van der Waals surface area contributed by atoms with E-state index >= 15 is 0 Å². The SMILES string of the molecule is Cc1ccc2c(c1)OC(C)(C)C[C@H]2NC(=O)[C@@H]1CN(S(C)(=O)=O)c2ccccc2O1. The molecule has 7 nitrogen and oxygen atoms in total. The number of benzene rings is 2. The Hall–Kier alpha value is -2.74. The van der Waals surface area contributed by atoms with Crippen LogP contribution in [-0.2, 0) is 14.8 Å². The molecule has 0 bridgehead atoms. The van der Waals surface area contributed by atoms with E-state index in [4.69, 9.17) is 9.47 Å². The molecule has 2 aromatic carbocycles. The second-order valence-electron chi connectivity index (χ2n) is 8.54. The molecule has 2 aliphatic heterocycles. The van der Waals surface area contributed by atoms with Crippen molar-refractivity contribution >= 4 is 21.6 Å². The summed E-state index contributed by atoms with van der Waals surface area (Å²) >= 11 is 0. The summed E-state index contributed by atoms with van der Waals surface area (Å²) < 4.78 is 37.8. The third-order valence-corrected chi connectivity index (χ3v) is 6.52. The molecule has 2 heterocycles. The van der Waals surface area contributed by atoms with Gasteiger partial charge in [-0.1, -0.05) is 24.3 Å². The summed E-state index contributed by atoms with van der Waals surface area (Å²) in [7, 11) is -3.56. The lowest BCUT2D eigenvalue weighted by atomic mass is 9.89. The summed E-state index contributed by atoms with van der Waals surface area (Å²) in [4.78, 5) is 13.1. The Bertz CT molecular complexity index is 1100. The average Bonchev–Trinajstić information content (AvgIpc) is 2.65. The summed E-state index contributed by atoms with van der Waals surface area (Å²) in [6.07, 6.45) is 0.770. The molecule has 8 heteroatoms. The fourth-order valence-corrected chi connectivity index (χ4v) is 4.92. The number of amides is 1. The first-order valence-electron chi connectivity index (χ1n) is 9.87. The topological polar surface area (TPSA) is 84.9 Å². The number of nitrogens with one attached hydrogen (secondary N) is 1. The van der Waals surface area contributed by atoms with Gasteiger partial charge in [-0.3, -0.25) is 9.10 Å². The number of hydrogen-bond donors (Lipinski definition) is 1. The van der Waals surface area contributed by atoms with Crippen LogP contribution in [0.3, 0.4) is 0 Å². The highest BCUT2D eigenvalue weighted by atomic mass is 32.2. The van der Waals surface area contributed by atoms with E-state index in [0.29, 0.717) is 17.9 Å². The molecule has 0 radical (unpaired) electrons. The van der Waals surface area contributed by atoms with Crippen LogP contribution in [-0.4, -0.2) is 38.8 Å². The number of rotatable bonds is 3. The van der Waals surface area contributed by atoms with Gasteiger partial charge in [-0.2, -0.15) is 0 Å². The zero-order valence-electron chi connectivity index (χ0n) is 17.5. The van der Waals surface area contributed by atoms with Crippen LogP contribution in [0.4, 0.5) is 5.69 Å². The molecular weight excluding hydrogens is 404 g/mol. The van der Waals surface area contributed by atoms with E-state index in [0.717, 1.165) is 23.1 Å². The highest BCUT2D eigenvalue weighted by molar-refractivity contribution is 7.92. The molecule has 0 unspecified atom stereocenters. The molecule has 2 aromatic rings. The molecule has 1 amide bonds. The van der Waals surface area contributed by atoms with Crippen molar-refractivity contribution < 1.29 is 22.7 Å². The number of ether oxygens (including phenoxy) is 2. The lowest BCUT2D eigenvalue weighted by Crippen LogP contribution is -2.52. The van der Waals surface area contributed by atoms with Gasteiger partial charge < -0.3 is 14.8 Å². The van der Waals surface area contributed by atoms with Gasteiger partial charge in [0.15, 0.2) is 6.10 Å². The minimum atomic E-state index is -3.56. The molecule has 1 N–H and O–H groups in total. The van der Waals surface area contributed by atoms with Crippen molar-refractivity contribution in [3.05, 3.63) is 53.6 Å². The maximum Gasteiger partial charge on any atom is 0.263 e. The standard InChI is InChI=1S/C22H26N2O5S/c1-14-9-10-15-16(12-22(2,3)29-19(15)11-14)23-21(25)20-13-24(30(4,26)27)17-7-5-6-8-18(17)28-20/h5-11,16,20H,12-13H2,1-4H3,(H,23,25)/t16-,20+/m1/s1. The lowest BCUT2D eigenvalue weighted by molar-refractivity contribution is -0.129. The van der Waals surface area contributed by atoms with Gasteiger partial charge >= 0.3 is 0 Å². The summed E-state index contributed by atoms with van der Waals surface area (Å²) in [5.74, 6) is 0.772. The summed E-state index contributed by atoms with van der Waals surface area (Å²) in [6.45, 7) is 5.88. The van der Waals surface area contributed by atoms with Crippen LogP contribution in [0.15, 0.2) is 42.5 Å². The van der Waals surface area contributed by atoms with Crippen molar-refractivity contribution in [3.8, 4) is 11.5 Å². The second kappa shape index (κ2) is 7.19. The Morgan fingerprint density at radius 3 is 2.63 bits per heavy atom. The van der Waals surface area contributed by atoms with E-state index in [2.05, 4.69) is 5.32 Å². The molecule has 0 saturated heterocycles. The van der Waals surface area contributed by atoms with Crippen molar-refractivity contribution in [1.82, 2.24) is 5.32 Å². The number of aryl methyl sites for hydroxylation is 1. The fourth-order valence-electron chi connectivity index (χ4n) is 4.00. The molecule has 2 aliphatic rings. The Morgan fingerprint density at radius 1 is 1.17 bits per heavy atom. The second-order valence-corrected chi connectivity index (χ2v) is 10.4. The molecule has 0 aromatic heterocycles. The Balaban J connectivity index is 1.60. The first-order valence-corrected chi connectivity index (χ1v) is 11.7. The summed E-state index contributed by atoms with van der Waals surface area (Å²) in [5.41, 5.74) is 1.98. The number of anilines is 1. The normalized spacial score (nSPS) is 22.2. The number of nitrogens with zero attached hydrogens (tertiary/aromatic N) is 1. The molecule has 2 atom stereocenters. The number of para-hydroxylation sites is 2. The van der Waals surface area contributed by atoms with E-state index in [1.54, 1.807) is 24.3 Å². The molecular formula is C22H26N2O5S. The Morgan fingerprint density at radius 2 is 1.90 bits per heavy atom. The van der Waals surface area contributed by atoms with E-state index in [9.17, 15) is 13.2 Å². The average molecular weight is 431 g/mol. The van der Waals surface area contributed by atoms with Crippen molar-refractivity contribution in [2.75, 3.05) is 17.1 Å². The third-order valence-electron chi connectivity index (χ3n) is 5.37. The molecule has 30 heavy (non-hydrogen) atoms. The predicted molar refractivity (Wildman–Crippen MR) is 114 cm³/mol. The maximum atomic E-state index is 13.1. The van der Waals surface area contributed by atoms with Gasteiger partial charge in [0.1, 0.15) is 17.1 Å². The molecule has 0 spiro atoms. The van der Waals surface area contributed by atoms with E-state index in [1.165, 1.54) is 4.31 Å². The maximum absolute atomic E-state index is 13.1. The van der Waals surface area contributed by atoms with Gasteiger partial charge in [0.2, 0.25) is 10.0 Å². The van der Waals surface area contributed by atoms with Crippen molar-refractivity contribution in [3.63, 3.8) is 0 Å².